The van der Waals surface area contributed by atoms with E-state index >= 15 is 0 Å². The average molecular weight is 480 g/mol. The van der Waals surface area contributed by atoms with Crippen LogP contribution in [-0.2, 0) is 17.1 Å². The molecule has 0 fully saturated rings. The van der Waals surface area contributed by atoms with Crippen LogP contribution < -0.4 is 0 Å². The standard InChI is InChI=1S/C21H51O4Si4/c1-10-11-12-13-14-15-16-17-18-19-20-27(5,6)24-26(4)25-28(7,8)21-29(9,22-2)23-3/h10-21H2,1-9H3. The SMILES string of the molecule is CCCCCCCCCCCC[Si](C)(C)O[Si](C)O[Si](C)(C)C[Si](C)(OC)OC. The van der Waals surface area contributed by atoms with Crippen molar-refractivity contribution in [3.63, 3.8) is 0 Å². The molecular formula is C21H51O4Si4. The minimum atomic E-state index is -2.10. The van der Waals surface area contributed by atoms with Gasteiger partial charge in [-0.15, -0.1) is 0 Å². The zero-order valence-electron chi connectivity index (χ0n) is 21.1. The van der Waals surface area contributed by atoms with Crippen LogP contribution in [0.5, 0.6) is 0 Å². The van der Waals surface area contributed by atoms with Crippen LogP contribution in [0.4, 0.5) is 0 Å². The molecule has 0 aliphatic heterocycles. The van der Waals surface area contributed by atoms with Crippen LogP contribution in [0.15, 0.2) is 0 Å². The van der Waals surface area contributed by atoms with Crippen molar-refractivity contribution in [3.05, 3.63) is 0 Å². The molecule has 0 bridgehead atoms. The third kappa shape index (κ3) is 16.1. The van der Waals surface area contributed by atoms with Crippen LogP contribution in [0.1, 0.15) is 71.1 Å². The number of rotatable bonds is 19. The van der Waals surface area contributed by atoms with Gasteiger partial charge in [0.1, 0.15) is 0 Å². The summed E-state index contributed by atoms with van der Waals surface area (Å²) >= 11 is 0. The van der Waals surface area contributed by atoms with E-state index in [1.165, 1.54) is 70.3 Å². The summed E-state index contributed by atoms with van der Waals surface area (Å²) in [5.41, 5.74) is 0.943. The molecule has 1 radical (unpaired) electrons. The Labute approximate surface area is 187 Å². The highest BCUT2D eigenvalue weighted by Crippen LogP contribution is 2.25. The summed E-state index contributed by atoms with van der Waals surface area (Å²) in [6.45, 7) is 15.8. The van der Waals surface area contributed by atoms with Gasteiger partial charge in [0.2, 0.25) is 0 Å². The summed E-state index contributed by atoms with van der Waals surface area (Å²) in [4.78, 5) is 0. The Morgan fingerprint density at radius 1 is 0.621 bits per heavy atom. The highest BCUT2D eigenvalue weighted by atomic mass is 28.5. The second kappa shape index (κ2) is 15.5. The lowest BCUT2D eigenvalue weighted by molar-refractivity contribution is 0.253. The van der Waals surface area contributed by atoms with E-state index in [9.17, 15) is 0 Å². The molecule has 0 aromatic heterocycles. The molecule has 0 aliphatic rings. The van der Waals surface area contributed by atoms with Crippen LogP contribution >= 0.6 is 0 Å². The van der Waals surface area contributed by atoms with Gasteiger partial charge in [0.15, 0.2) is 16.6 Å². The maximum atomic E-state index is 6.53. The lowest BCUT2D eigenvalue weighted by Crippen LogP contribution is -2.50. The summed E-state index contributed by atoms with van der Waals surface area (Å²) in [5, 5.41) is 0. The van der Waals surface area contributed by atoms with Crippen molar-refractivity contribution in [1.82, 2.24) is 0 Å². The summed E-state index contributed by atoms with van der Waals surface area (Å²) in [6, 6.07) is 1.25. The van der Waals surface area contributed by atoms with Crippen molar-refractivity contribution in [2.24, 2.45) is 0 Å². The van der Waals surface area contributed by atoms with Crippen molar-refractivity contribution in [2.45, 2.75) is 122 Å². The molecule has 175 valence electrons. The van der Waals surface area contributed by atoms with Crippen molar-refractivity contribution >= 4 is 34.5 Å². The van der Waals surface area contributed by atoms with Crippen LogP contribution in [-0.4, -0.2) is 48.7 Å². The highest BCUT2D eigenvalue weighted by molar-refractivity contribution is 6.90. The van der Waals surface area contributed by atoms with E-state index in [1.807, 2.05) is 0 Å². The van der Waals surface area contributed by atoms with Gasteiger partial charge in [-0.3, -0.25) is 0 Å². The molecule has 29 heavy (non-hydrogen) atoms. The first-order valence-electron chi connectivity index (χ1n) is 11.8. The summed E-state index contributed by atoms with van der Waals surface area (Å²) in [6.07, 6.45) is 13.9. The number of unbranched alkanes of at least 4 members (excludes halogenated alkanes) is 9. The van der Waals surface area contributed by atoms with E-state index in [0.29, 0.717) is 0 Å². The largest absolute Gasteiger partial charge is 0.436 e. The van der Waals surface area contributed by atoms with Crippen LogP contribution in [0, 0.1) is 0 Å². The lowest BCUT2D eigenvalue weighted by Gasteiger charge is -2.35. The predicted octanol–water partition coefficient (Wildman–Crippen LogP) is 7.37. The van der Waals surface area contributed by atoms with Crippen LogP contribution in [0.2, 0.25) is 51.0 Å². The fourth-order valence-electron chi connectivity index (χ4n) is 3.93. The molecule has 0 saturated carbocycles. The van der Waals surface area contributed by atoms with Crippen molar-refractivity contribution < 1.29 is 17.1 Å². The molecule has 0 N–H and O–H groups in total. The first-order valence-corrected chi connectivity index (χ1v) is 22.4. The number of hydrogen-bond donors (Lipinski definition) is 0. The van der Waals surface area contributed by atoms with Gasteiger partial charge >= 0.3 is 17.8 Å². The van der Waals surface area contributed by atoms with Crippen molar-refractivity contribution in [3.8, 4) is 0 Å². The Kier molecular flexibility index (Phi) is 15.9. The second-order valence-electron chi connectivity index (χ2n) is 9.87. The fourth-order valence-corrected chi connectivity index (χ4v) is 20.6. The minimum absolute atomic E-state index is 0.943. The molecule has 0 aliphatic carbocycles. The minimum Gasteiger partial charge on any atom is -0.436 e. The lowest BCUT2D eigenvalue weighted by atomic mass is 10.1. The van der Waals surface area contributed by atoms with E-state index in [-0.39, 0.29) is 0 Å². The van der Waals surface area contributed by atoms with Gasteiger partial charge in [-0.2, -0.15) is 0 Å². The monoisotopic (exact) mass is 479 g/mol. The zero-order chi connectivity index (χ0) is 22.4. The van der Waals surface area contributed by atoms with E-state index in [2.05, 4.69) is 46.2 Å². The fraction of sp³-hybridized carbons (Fsp3) is 1.00. The Bertz CT molecular complexity index is 404. The Hall–Kier alpha value is 0.708. The molecule has 0 aromatic rings. The highest BCUT2D eigenvalue weighted by Gasteiger charge is 2.41. The zero-order valence-corrected chi connectivity index (χ0v) is 25.1. The molecular weight excluding hydrogens is 429 g/mol. The average Bonchev–Trinajstić information content (AvgIpc) is 2.61. The quantitative estimate of drug-likeness (QED) is 0.143. The molecule has 4 nitrogen and oxygen atoms in total. The third-order valence-electron chi connectivity index (χ3n) is 5.58. The van der Waals surface area contributed by atoms with E-state index in [4.69, 9.17) is 17.1 Å². The van der Waals surface area contributed by atoms with Crippen LogP contribution in [0.25, 0.3) is 0 Å². The van der Waals surface area contributed by atoms with Gasteiger partial charge in [-0.1, -0.05) is 71.1 Å². The first-order chi connectivity index (χ1) is 13.5. The molecule has 0 amide bonds. The van der Waals surface area contributed by atoms with Gasteiger partial charge in [0.25, 0.3) is 0 Å². The molecule has 0 rings (SSSR count). The van der Waals surface area contributed by atoms with Crippen molar-refractivity contribution in [2.75, 3.05) is 14.2 Å². The molecule has 0 aromatic carbocycles. The van der Waals surface area contributed by atoms with Gasteiger partial charge < -0.3 is 17.1 Å². The third-order valence-corrected chi connectivity index (χ3v) is 21.6. The summed E-state index contributed by atoms with van der Waals surface area (Å²) in [7, 11) is -3.29. The Balaban J connectivity index is 4.05. The molecule has 0 unspecified atom stereocenters. The Morgan fingerprint density at radius 2 is 1.03 bits per heavy atom. The van der Waals surface area contributed by atoms with Crippen molar-refractivity contribution in [1.29, 1.82) is 0 Å². The van der Waals surface area contributed by atoms with E-state index < -0.39 is 34.5 Å². The smallest absolute Gasteiger partial charge is 0.359 e. The molecule has 0 atom stereocenters. The van der Waals surface area contributed by atoms with E-state index in [1.54, 1.807) is 14.2 Å². The maximum absolute atomic E-state index is 6.53. The molecule has 0 spiro atoms. The summed E-state index contributed by atoms with van der Waals surface area (Å²) in [5.74, 6) is 0. The molecule has 8 heteroatoms. The van der Waals surface area contributed by atoms with Gasteiger partial charge in [0.05, 0.1) is 0 Å². The number of hydrogen-bond acceptors (Lipinski definition) is 4. The molecule has 0 heterocycles. The van der Waals surface area contributed by atoms with Gasteiger partial charge in [-0.05, 0) is 45.3 Å². The normalized spacial score (nSPS) is 13.4. The second-order valence-corrected chi connectivity index (χ2v) is 24.5. The topological polar surface area (TPSA) is 36.9 Å². The Morgan fingerprint density at radius 3 is 1.48 bits per heavy atom. The van der Waals surface area contributed by atoms with Gasteiger partial charge in [-0.25, -0.2) is 0 Å². The molecule has 0 saturated heterocycles. The maximum Gasteiger partial charge on any atom is 0.359 e. The van der Waals surface area contributed by atoms with Gasteiger partial charge in [0, 0.05) is 19.9 Å². The van der Waals surface area contributed by atoms with Crippen LogP contribution in [0.3, 0.4) is 0 Å². The first kappa shape index (κ1) is 29.7. The summed E-state index contributed by atoms with van der Waals surface area (Å²) < 4.78 is 24.4. The predicted molar refractivity (Wildman–Crippen MR) is 136 cm³/mol. The van der Waals surface area contributed by atoms with E-state index in [0.717, 1.165) is 5.67 Å².